The molecular weight excluding hydrogens is 292 g/mol. The van der Waals surface area contributed by atoms with Gasteiger partial charge in [-0.25, -0.2) is 4.68 Å². The summed E-state index contributed by atoms with van der Waals surface area (Å²) in [7, 11) is 1.74. The number of carbonyl (C=O) groups is 1. The van der Waals surface area contributed by atoms with Crippen LogP contribution >= 0.6 is 11.8 Å². The van der Waals surface area contributed by atoms with Crippen molar-refractivity contribution in [3.63, 3.8) is 0 Å². The first-order chi connectivity index (χ1) is 10.2. The molecule has 0 atom stereocenters. The Morgan fingerprint density at radius 2 is 2.14 bits per heavy atom. The molecule has 110 valence electrons. The molecule has 0 fully saturated rings. The Balaban J connectivity index is 1.70. The second-order valence-corrected chi connectivity index (χ2v) is 5.45. The fourth-order valence-electron chi connectivity index (χ4n) is 1.89. The summed E-state index contributed by atoms with van der Waals surface area (Å²) in [5.41, 5.74) is 0.599. The average molecular weight is 306 g/mol. The molecule has 1 aliphatic heterocycles. The van der Waals surface area contributed by atoms with Gasteiger partial charge in [0.25, 0.3) is 0 Å². The molecular formula is C13H14N4O3S. The van der Waals surface area contributed by atoms with Crippen LogP contribution in [-0.2, 0) is 7.05 Å². The summed E-state index contributed by atoms with van der Waals surface area (Å²) < 4.78 is 12.7. The fraction of sp³-hybridized carbons (Fsp3) is 0.385. The number of tetrazole rings is 1. The summed E-state index contributed by atoms with van der Waals surface area (Å²) >= 11 is 1.30. The van der Waals surface area contributed by atoms with E-state index in [4.69, 9.17) is 9.47 Å². The molecule has 0 N–H and O–H groups in total. The Morgan fingerprint density at radius 3 is 2.90 bits per heavy atom. The smallest absolute Gasteiger partial charge is 0.209 e. The van der Waals surface area contributed by atoms with Gasteiger partial charge in [-0.15, -0.1) is 5.10 Å². The molecule has 0 saturated carbocycles. The summed E-state index contributed by atoms with van der Waals surface area (Å²) in [6.07, 6.45) is 0.840. The maximum Gasteiger partial charge on any atom is 0.209 e. The van der Waals surface area contributed by atoms with E-state index in [1.165, 1.54) is 16.4 Å². The molecule has 2 heterocycles. The highest BCUT2D eigenvalue weighted by Gasteiger charge is 2.15. The van der Waals surface area contributed by atoms with E-state index in [1.807, 2.05) is 0 Å². The van der Waals surface area contributed by atoms with Crippen LogP contribution in [0.5, 0.6) is 11.5 Å². The van der Waals surface area contributed by atoms with Gasteiger partial charge in [0.05, 0.1) is 19.0 Å². The van der Waals surface area contributed by atoms with Crippen LogP contribution in [0.15, 0.2) is 23.4 Å². The molecule has 0 saturated heterocycles. The minimum Gasteiger partial charge on any atom is -0.490 e. The Kier molecular flexibility index (Phi) is 4.05. The topological polar surface area (TPSA) is 79.1 Å². The molecule has 0 unspecified atom stereocenters. The third-order valence-corrected chi connectivity index (χ3v) is 3.99. The lowest BCUT2D eigenvalue weighted by Crippen LogP contribution is -2.05. The van der Waals surface area contributed by atoms with Gasteiger partial charge in [-0.3, -0.25) is 4.79 Å². The van der Waals surface area contributed by atoms with Crippen LogP contribution in [0.25, 0.3) is 0 Å². The maximum atomic E-state index is 12.2. The van der Waals surface area contributed by atoms with Crippen molar-refractivity contribution in [2.24, 2.45) is 7.05 Å². The van der Waals surface area contributed by atoms with Crippen molar-refractivity contribution < 1.29 is 14.3 Å². The Morgan fingerprint density at radius 1 is 1.33 bits per heavy atom. The van der Waals surface area contributed by atoms with Gasteiger partial charge >= 0.3 is 0 Å². The summed E-state index contributed by atoms with van der Waals surface area (Å²) in [6.45, 7) is 1.24. The molecule has 1 aromatic heterocycles. The van der Waals surface area contributed by atoms with E-state index >= 15 is 0 Å². The molecule has 1 aliphatic rings. The highest BCUT2D eigenvalue weighted by Crippen LogP contribution is 2.31. The van der Waals surface area contributed by atoms with Crippen LogP contribution in [0.1, 0.15) is 16.8 Å². The van der Waals surface area contributed by atoms with Crippen LogP contribution in [0.2, 0.25) is 0 Å². The zero-order valence-electron chi connectivity index (χ0n) is 11.5. The van der Waals surface area contributed by atoms with E-state index in [9.17, 15) is 4.79 Å². The number of hydrogen-bond acceptors (Lipinski definition) is 7. The fourth-order valence-corrected chi connectivity index (χ4v) is 2.64. The molecule has 3 rings (SSSR count). The van der Waals surface area contributed by atoms with E-state index in [0.29, 0.717) is 35.4 Å². The van der Waals surface area contributed by atoms with Gasteiger partial charge in [0.15, 0.2) is 17.3 Å². The second kappa shape index (κ2) is 6.13. The van der Waals surface area contributed by atoms with Crippen LogP contribution in [-0.4, -0.2) is 45.0 Å². The number of benzene rings is 1. The minimum atomic E-state index is -0.00125. The predicted octanol–water partition coefficient (Wildman–Crippen LogP) is 1.35. The first kappa shape index (κ1) is 13.9. The van der Waals surface area contributed by atoms with Gasteiger partial charge in [-0.2, -0.15) is 0 Å². The number of Topliss-reactive ketones (excluding diaryl/α,β-unsaturated/α-hetero) is 1. The minimum absolute atomic E-state index is 0.00125. The normalized spacial score (nSPS) is 13.8. The van der Waals surface area contributed by atoms with Crippen LogP contribution < -0.4 is 9.47 Å². The van der Waals surface area contributed by atoms with Crippen molar-refractivity contribution in [2.45, 2.75) is 11.6 Å². The number of hydrogen-bond donors (Lipinski definition) is 0. The van der Waals surface area contributed by atoms with Crippen molar-refractivity contribution in [3.8, 4) is 11.5 Å². The van der Waals surface area contributed by atoms with Crippen molar-refractivity contribution in [1.82, 2.24) is 20.2 Å². The maximum absolute atomic E-state index is 12.2. The van der Waals surface area contributed by atoms with E-state index < -0.39 is 0 Å². The molecule has 0 bridgehead atoms. The molecule has 0 spiro atoms. The van der Waals surface area contributed by atoms with E-state index in [2.05, 4.69) is 15.5 Å². The first-order valence-corrected chi connectivity index (χ1v) is 7.50. The highest BCUT2D eigenvalue weighted by molar-refractivity contribution is 7.99. The number of fused-ring (bicyclic) bond motifs is 1. The number of nitrogens with zero attached hydrogens (tertiary/aromatic N) is 4. The van der Waals surface area contributed by atoms with E-state index in [1.54, 1.807) is 25.2 Å². The molecule has 21 heavy (non-hydrogen) atoms. The van der Waals surface area contributed by atoms with E-state index in [0.717, 1.165) is 6.42 Å². The van der Waals surface area contributed by atoms with Gasteiger partial charge in [0.1, 0.15) is 0 Å². The standard InChI is InChI=1S/C13H14N4O3S/c1-17-13(14-15-16-17)21-8-10(18)9-3-4-11-12(7-9)20-6-2-5-19-11/h3-4,7H,2,5-6,8H2,1H3. The number of aromatic nitrogens is 4. The van der Waals surface area contributed by atoms with Gasteiger partial charge in [0, 0.05) is 19.0 Å². The van der Waals surface area contributed by atoms with Crippen molar-refractivity contribution in [2.75, 3.05) is 19.0 Å². The van der Waals surface area contributed by atoms with Crippen molar-refractivity contribution >= 4 is 17.5 Å². The molecule has 8 heteroatoms. The Bertz CT molecular complexity index is 659. The zero-order chi connectivity index (χ0) is 14.7. The van der Waals surface area contributed by atoms with Crippen molar-refractivity contribution in [3.05, 3.63) is 23.8 Å². The predicted molar refractivity (Wildman–Crippen MR) is 75.9 cm³/mol. The lowest BCUT2D eigenvalue weighted by Gasteiger charge is -2.08. The third-order valence-electron chi connectivity index (χ3n) is 2.98. The third kappa shape index (κ3) is 3.15. The number of rotatable bonds is 4. The van der Waals surface area contributed by atoms with Crippen LogP contribution in [0.3, 0.4) is 0 Å². The lowest BCUT2D eigenvalue weighted by molar-refractivity contribution is 0.102. The lowest BCUT2D eigenvalue weighted by atomic mass is 10.1. The second-order valence-electron chi connectivity index (χ2n) is 4.51. The Hall–Kier alpha value is -2.09. The van der Waals surface area contributed by atoms with Gasteiger partial charge in [-0.05, 0) is 28.6 Å². The van der Waals surface area contributed by atoms with Gasteiger partial charge in [-0.1, -0.05) is 11.8 Å². The molecule has 0 amide bonds. The molecule has 0 aliphatic carbocycles. The summed E-state index contributed by atoms with van der Waals surface area (Å²) in [6, 6.07) is 5.27. The summed E-state index contributed by atoms with van der Waals surface area (Å²) in [4.78, 5) is 12.2. The number of ether oxygens (including phenoxy) is 2. The van der Waals surface area contributed by atoms with Crippen LogP contribution in [0, 0.1) is 0 Å². The first-order valence-electron chi connectivity index (χ1n) is 6.52. The molecule has 0 radical (unpaired) electrons. The number of carbonyl (C=O) groups excluding carboxylic acids is 1. The summed E-state index contributed by atoms with van der Waals surface area (Å²) in [5, 5.41) is 11.7. The van der Waals surface area contributed by atoms with Gasteiger partial charge < -0.3 is 9.47 Å². The largest absolute Gasteiger partial charge is 0.490 e. The highest BCUT2D eigenvalue weighted by atomic mass is 32.2. The molecule has 7 nitrogen and oxygen atoms in total. The quantitative estimate of drug-likeness (QED) is 0.623. The average Bonchev–Trinajstić information content (AvgIpc) is 2.76. The van der Waals surface area contributed by atoms with Crippen LogP contribution in [0.4, 0.5) is 0 Å². The molecule has 1 aromatic carbocycles. The number of aryl methyl sites for hydroxylation is 1. The monoisotopic (exact) mass is 306 g/mol. The van der Waals surface area contributed by atoms with Gasteiger partial charge in [0.2, 0.25) is 5.16 Å². The number of ketones is 1. The number of thioether (sulfide) groups is 1. The Labute approximate surface area is 125 Å². The summed E-state index contributed by atoms with van der Waals surface area (Å²) in [5.74, 6) is 1.59. The SMILES string of the molecule is Cn1nnnc1SCC(=O)c1ccc2c(c1)OCCCO2. The zero-order valence-corrected chi connectivity index (χ0v) is 12.3. The van der Waals surface area contributed by atoms with Crippen molar-refractivity contribution in [1.29, 1.82) is 0 Å². The molecule has 2 aromatic rings. The van der Waals surface area contributed by atoms with E-state index in [-0.39, 0.29) is 11.5 Å².